The second kappa shape index (κ2) is 7.89. The van der Waals surface area contributed by atoms with Gasteiger partial charge >= 0.3 is 0 Å². The zero-order valence-electron chi connectivity index (χ0n) is 18.0. The number of nitrogens with one attached hydrogen (secondary N) is 1. The van der Waals surface area contributed by atoms with Crippen molar-refractivity contribution in [2.45, 2.75) is 58.4 Å². The van der Waals surface area contributed by atoms with Crippen LogP contribution in [0.5, 0.6) is 5.75 Å². The summed E-state index contributed by atoms with van der Waals surface area (Å²) in [5, 5.41) is 23.3. The zero-order valence-corrected chi connectivity index (χ0v) is 18.0. The van der Waals surface area contributed by atoms with Gasteiger partial charge in [-0.3, -0.25) is 4.79 Å². The molecule has 0 spiro atoms. The van der Waals surface area contributed by atoms with Crippen LogP contribution in [0.1, 0.15) is 48.6 Å². The lowest BCUT2D eigenvalue weighted by atomic mass is 9.97. The van der Waals surface area contributed by atoms with Crippen LogP contribution in [0, 0.1) is 0 Å². The molecule has 3 aromatic rings. The third-order valence-electron chi connectivity index (χ3n) is 6.61. The number of phenols is 1. The molecule has 1 heterocycles. The Morgan fingerprint density at radius 2 is 1.63 bits per heavy atom. The van der Waals surface area contributed by atoms with Gasteiger partial charge in [0.1, 0.15) is 5.75 Å². The number of benzene rings is 2. The first kappa shape index (κ1) is 20.6. The number of hydrogen-bond acceptors (Lipinski definition) is 4. The van der Waals surface area contributed by atoms with Crippen molar-refractivity contribution in [2.75, 3.05) is 6.54 Å². The fourth-order valence-electron chi connectivity index (χ4n) is 4.86. The van der Waals surface area contributed by atoms with Crippen LogP contribution in [0.15, 0.2) is 41.2 Å². The molecule has 5 nitrogen and oxygen atoms in total. The fraction of sp³-hybridized carbons (Fsp3) is 0.400. The molecule has 158 valence electrons. The third-order valence-corrected chi connectivity index (χ3v) is 6.61. The molecule has 30 heavy (non-hydrogen) atoms. The molecular formula is C25H30N2O3. The van der Waals surface area contributed by atoms with Crippen LogP contribution in [0.3, 0.4) is 0 Å². The molecule has 0 saturated heterocycles. The smallest absolute Gasteiger partial charge is 0.248 e. The lowest BCUT2D eigenvalue weighted by Crippen LogP contribution is -2.46. The first-order valence-corrected chi connectivity index (χ1v) is 10.8. The molecule has 0 bridgehead atoms. The topological polar surface area (TPSA) is 76.6 Å². The number of phenolic OH excluding ortho intramolecular Hbond substituents is 1. The number of hydroxylamine groups is 2. The van der Waals surface area contributed by atoms with E-state index in [0.717, 1.165) is 36.6 Å². The van der Waals surface area contributed by atoms with Crippen LogP contribution >= 0.6 is 0 Å². The van der Waals surface area contributed by atoms with Gasteiger partial charge in [-0.25, -0.2) is 0 Å². The summed E-state index contributed by atoms with van der Waals surface area (Å²) in [5.41, 5.74) is 6.37. The van der Waals surface area contributed by atoms with E-state index in [1.165, 1.54) is 33.4 Å². The van der Waals surface area contributed by atoms with Gasteiger partial charge in [-0.1, -0.05) is 32.0 Å². The van der Waals surface area contributed by atoms with E-state index in [1.54, 1.807) is 12.1 Å². The number of aromatic amines is 1. The van der Waals surface area contributed by atoms with Gasteiger partial charge in [0.05, 0.1) is 11.1 Å². The van der Waals surface area contributed by atoms with Crippen LogP contribution in [-0.2, 0) is 32.1 Å². The predicted molar refractivity (Wildman–Crippen MR) is 119 cm³/mol. The molecule has 5 heteroatoms. The quantitative estimate of drug-likeness (QED) is 0.538. The largest absolute Gasteiger partial charge is 0.506 e. The molecule has 1 aliphatic rings. The van der Waals surface area contributed by atoms with Crippen molar-refractivity contribution in [2.24, 2.45) is 0 Å². The van der Waals surface area contributed by atoms with Crippen LogP contribution in [0.2, 0.25) is 0 Å². The molecule has 0 saturated carbocycles. The molecule has 2 aromatic carbocycles. The number of aromatic hydroxyl groups is 1. The molecule has 1 aliphatic carbocycles. The standard InChI is InChI=1S/C25H30N2O3/c1-4-16-12-19-14-25(3,15-20(19)13-17(16)5-2)27(30)11-10-18-6-8-22(28)24-21(18)7-9-23(29)26-24/h6-9,12-13,28,30H,4-5,10-11,14-15H2,1-3H3,(H,26,29). The number of pyridine rings is 1. The SMILES string of the molecule is CCc1cc2c(cc1CC)CC(C)(N(O)CCc1ccc(O)c3[nH]c(=O)ccc13)C2. The minimum Gasteiger partial charge on any atom is -0.506 e. The second-order valence-electron chi connectivity index (χ2n) is 8.68. The lowest BCUT2D eigenvalue weighted by molar-refractivity contribution is -0.164. The number of nitrogens with zero attached hydrogens (tertiary/aromatic N) is 1. The molecule has 4 rings (SSSR count). The molecule has 0 atom stereocenters. The molecule has 0 unspecified atom stereocenters. The van der Waals surface area contributed by atoms with Crippen molar-refractivity contribution < 1.29 is 10.3 Å². The third kappa shape index (κ3) is 3.64. The number of aryl methyl sites for hydroxylation is 2. The van der Waals surface area contributed by atoms with E-state index in [-0.39, 0.29) is 16.8 Å². The Kier molecular flexibility index (Phi) is 5.43. The molecule has 3 N–H and O–H groups in total. The van der Waals surface area contributed by atoms with Crippen molar-refractivity contribution in [3.05, 3.63) is 74.6 Å². The Hall–Kier alpha value is -2.63. The van der Waals surface area contributed by atoms with Gasteiger partial charge in [0, 0.05) is 18.0 Å². The summed E-state index contributed by atoms with van der Waals surface area (Å²) in [6.07, 6.45) is 4.35. The van der Waals surface area contributed by atoms with Gasteiger partial charge in [0.25, 0.3) is 0 Å². The van der Waals surface area contributed by atoms with E-state index in [0.29, 0.717) is 18.5 Å². The first-order chi connectivity index (χ1) is 14.3. The molecule has 0 aliphatic heterocycles. The number of fused-ring (bicyclic) bond motifs is 2. The van der Waals surface area contributed by atoms with E-state index in [1.807, 2.05) is 6.07 Å². The Labute approximate surface area is 176 Å². The van der Waals surface area contributed by atoms with Crippen molar-refractivity contribution in [3.8, 4) is 5.75 Å². The van der Waals surface area contributed by atoms with E-state index in [4.69, 9.17) is 0 Å². The highest BCUT2D eigenvalue weighted by molar-refractivity contribution is 5.87. The highest BCUT2D eigenvalue weighted by Gasteiger charge is 2.38. The molecule has 1 aromatic heterocycles. The number of aromatic nitrogens is 1. The van der Waals surface area contributed by atoms with Crippen LogP contribution in [0.4, 0.5) is 0 Å². The van der Waals surface area contributed by atoms with Crippen LogP contribution in [0.25, 0.3) is 10.9 Å². The van der Waals surface area contributed by atoms with Crippen molar-refractivity contribution in [1.29, 1.82) is 0 Å². The Balaban J connectivity index is 1.53. The molecular weight excluding hydrogens is 376 g/mol. The summed E-state index contributed by atoms with van der Waals surface area (Å²) in [4.78, 5) is 14.3. The second-order valence-corrected chi connectivity index (χ2v) is 8.68. The maximum absolute atomic E-state index is 11.6. The summed E-state index contributed by atoms with van der Waals surface area (Å²) >= 11 is 0. The lowest BCUT2D eigenvalue weighted by Gasteiger charge is -2.33. The monoisotopic (exact) mass is 406 g/mol. The predicted octanol–water partition coefficient (Wildman–Crippen LogP) is 4.15. The maximum Gasteiger partial charge on any atom is 0.248 e. The van der Waals surface area contributed by atoms with Crippen LogP contribution < -0.4 is 5.56 Å². The number of rotatable bonds is 6. The Bertz CT molecular complexity index is 1120. The number of hydrogen-bond donors (Lipinski definition) is 3. The van der Waals surface area contributed by atoms with Gasteiger partial charge < -0.3 is 15.3 Å². The summed E-state index contributed by atoms with van der Waals surface area (Å²) in [6.45, 7) is 6.99. The summed E-state index contributed by atoms with van der Waals surface area (Å²) < 4.78 is 0. The summed E-state index contributed by atoms with van der Waals surface area (Å²) in [5.74, 6) is 0.0592. The minimum absolute atomic E-state index is 0.0592. The van der Waals surface area contributed by atoms with E-state index in [9.17, 15) is 15.1 Å². The van der Waals surface area contributed by atoms with E-state index >= 15 is 0 Å². The average Bonchev–Trinajstić information content (AvgIpc) is 3.08. The van der Waals surface area contributed by atoms with Gasteiger partial charge in [0.2, 0.25) is 5.56 Å². The van der Waals surface area contributed by atoms with Gasteiger partial charge in [-0.2, -0.15) is 5.06 Å². The van der Waals surface area contributed by atoms with Crippen molar-refractivity contribution in [3.63, 3.8) is 0 Å². The maximum atomic E-state index is 11.6. The van der Waals surface area contributed by atoms with E-state index in [2.05, 4.69) is 37.9 Å². The van der Waals surface area contributed by atoms with Gasteiger partial charge in [-0.05, 0) is 79.0 Å². The normalized spacial score (nSPS) is 15.1. The number of H-pyrrole nitrogens is 1. The summed E-state index contributed by atoms with van der Waals surface area (Å²) in [6, 6.07) is 11.3. The minimum atomic E-state index is -0.333. The Morgan fingerprint density at radius 3 is 2.23 bits per heavy atom. The van der Waals surface area contributed by atoms with Gasteiger partial charge in [0.15, 0.2) is 0 Å². The zero-order chi connectivity index (χ0) is 21.5. The fourth-order valence-corrected chi connectivity index (χ4v) is 4.86. The van der Waals surface area contributed by atoms with Crippen LogP contribution in [-0.4, -0.2) is 32.4 Å². The Morgan fingerprint density at radius 1 is 1.00 bits per heavy atom. The molecule has 0 radical (unpaired) electrons. The average molecular weight is 407 g/mol. The van der Waals surface area contributed by atoms with Crippen molar-refractivity contribution >= 4 is 10.9 Å². The van der Waals surface area contributed by atoms with Crippen molar-refractivity contribution in [1.82, 2.24) is 10.0 Å². The highest BCUT2D eigenvalue weighted by Crippen LogP contribution is 2.36. The molecule has 0 fully saturated rings. The van der Waals surface area contributed by atoms with E-state index < -0.39 is 0 Å². The van der Waals surface area contributed by atoms with Gasteiger partial charge in [-0.15, -0.1) is 0 Å². The first-order valence-electron chi connectivity index (χ1n) is 10.8. The highest BCUT2D eigenvalue weighted by atomic mass is 16.5. The molecule has 0 amide bonds. The summed E-state index contributed by atoms with van der Waals surface area (Å²) in [7, 11) is 0.